The molecule has 5 rings (SSSR count). The molecule has 3 N–H and O–H groups in total. The molecule has 3 aromatic rings. The van der Waals surface area contributed by atoms with Crippen molar-refractivity contribution in [2.24, 2.45) is 23.5 Å². The molecule has 2 aliphatic carbocycles. The lowest BCUT2D eigenvalue weighted by atomic mass is 9.63. The molecular formula is C37H56FN7O3Si. The molecule has 0 radical (unpaired) electrons. The van der Waals surface area contributed by atoms with E-state index in [0.717, 1.165) is 63.1 Å². The number of nitrogens with two attached hydrogens (primary N) is 1. The number of anilines is 1. The maximum atomic E-state index is 15.9. The summed E-state index contributed by atoms with van der Waals surface area (Å²) in [6.45, 7) is 14.0. The van der Waals surface area contributed by atoms with Gasteiger partial charge in [0.05, 0.1) is 17.8 Å². The fourth-order valence-corrected chi connectivity index (χ4v) is 9.02. The number of aryl methyl sites for hydroxylation is 2. The molecule has 2 amide bonds. The van der Waals surface area contributed by atoms with Crippen LogP contribution in [0.1, 0.15) is 104 Å². The third kappa shape index (κ3) is 8.68. The van der Waals surface area contributed by atoms with Gasteiger partial charge in [0.25, 0.3) is 5.91 Å². The third-order valence-corrected chi connectivity index (χ3v) is 12.5. The van der Waals surface area contributed by atoms with E-state index in [9.17, 15) is 9.59 Å². The number of primary amides is 1. The molecule has 10 nitrogen and oxygen atoms in total. The number of hydrogen-bond donors (Lipinski definition) is 2. The number of amides is 2. The molecule has 3 heterocycles. The van der Waals surface area contributed by atoms with Crippen molar-refractivity contribution in [2.75, 3.05) is 11.9 Å². The standard InChI is InChI=1S/C37H56FN7O3Si/c1-7-44-34(36(39)46)29(22-40-44)33(32(26-14-10-8-11-15-26)27-16-12-9-13-17-27)37(47)42-30-19-18-28(35(38)41-30)31-24(2)43-45(25(31)3)23-48-20-21-49(4,5)6/h18-19,22,26-27,32-33H,7-17,20-21,23H2,1-6H3,(H2,39,46)(H,41,42,47). The molecule has 1 unspecified atom stereocenters. The molecule has 0 saturated heterocycles. The molecule has 12 heteroatoms. The number of nitrogens with one attached hydrogen (secondary N) is 1. The molecule has 0 aliphatic heterocycles. The zero-order valence-corrected chi connectivity index (χ0v) is 31.4. The lowest BCUT2D eigenvalue weighted by Gasteiger charge is -2.41. The summed E-state index contributed by atoms with van der Waals surface area (Å²) in [7, 11) is -1.22. The van der Waals surface area contributed by atoms with Crippen LogP contribution < -0.4 is 11.1 Å². The summed E-state index contributed by atoms with van der Waals surface area (Å²) in [5, 5.41) is 12.1. The van der Waals surface area contributed by atoms with E-state index in [1.54, 1.807) is 27.7 Å². The first-order valence-corrected chi connectivity index (χ1v) is 22.0. The zero-order valence-electron chi connectivity index (χ0n) is 30.4. The van der Waals surface area contributed by atoms with Crippen molar-refractivity contribution in [2.45, 2.75) is 130 Å². The van der Waals surface area contributed by atoms with Crippen LogP contribution in [-0.4, -0.2) is 51.0 Å². The topological polar surface area (TPSA) is 130 Å². The van der Waals surface area contributed by atoms with Crippen LogP contribution in [0.15, 0.2) is 18.3 Å². The number of pyridine rings is 1. The Morgan fingerprint density at radius 2 is 1.65 bits per heavy atom. The summed E-state index contributed by atoms with van der Waals surface area (Å²) in [6.07, 6.45) is 12.8. The lowest BCUT2D eigenvalue weighted by molar-refractivity contribution is -0.120. The number of rotatable bonds is 14. The van der Waals surface area contributed by atoms with Crippen LogP contribution in [0.3, 0.4) is 0 Å². The molecule has 1 atom stereocenters. The molecule has 49 heavy (non-hydrogen) atoms. The summed E-state index contributed by atoms with van der Waals surface area (Å²) in [5.41, 5.74) is 9.25. The second-order valence-electron chi connectivity index (χ2n) is 15.4. The Balaban J connectivity index is 1.45. The molecular weight excluding hydrogens is 638 g/mol. The number of ether oxygens (including phenoxy) is 1. The monoisotopic (exact) mass is 693 g/mol. The highest BCUT2D eigenvalue weighted by Crippen LogP contribution is 2.48. The largest absolute Gasteiger partial charge is 0.364 e. The van der Waals surface area contributed by atoms with Crippen molar-refractivity contribution in [3.8, 4) is 11.1 Å². The molecule has 2 saturated carbocycles. The van der Waals surface area contributed by atoms with Crippen molar-refractivity contribution in [3.05, 3.63) is 46.9 Å². The number of nitrogens with zero attached hydrogens (tertiary/aromatic N) is 5. The van der Waals surface area contributed by atoms with Gasteiger partial charge in [-0.2, -0.15) is 14.6 Å². The van der Waals surface area contributed by atoms with Crippen LogP contribution in [0.2, 0.25) is 25.7 Å². The Morgan fingerprint density at radius 1 is 1.02 bits per heavy atom. The normalized spacial score (nSPS) is 17.1. The molecule has 0 spiro atoms. The molecule has 3 aromatic heterocycles. The highest BCUT2D eigenvalue weighted by atomic mass is 28.3. The van der Waals surface area contributed by atoms with Gasteiger partial charge in [-0.3, -0.25) is 14.3 Å². The van der Waals surface area contributed by atoms with Gasteiger partial charge in [-0.25, -0.2) is 9.67 Å². The predicted molar refractivity (Wildman–Crippen MR) is 193 cm³/mol. The molecule has 0 aromatic carbocycles. The number of halogens is 1. The van der Waals surface area contributed by atoms with Gasteiger partial charge in [-0.1, -0.05) is 83.8 Å². The average molecular weight is 694 g/mol. The van der Waals surface area contributed by atoms with Gasteiger partial charge in [-0.15, -0.1) is 0 Å². The number of carbonyl (C=O) groups excluding carboxylic acids is 2. The van der Waals surface area contributed by atoms with E-state index in [4.69, 9.17) is 10.5 Å². The van der Waals surface area contributed by atoms with Gasteiger partial charge < -0.3 is 15.8 Å². The van der Waals surface area contributed by atoms with Crippen molar-refractivity contribution < 1.29 is 18.7 Å². The van der Waals surface area contributed by atoms with Crippen molar-refractivity contribution in [1.29, 1.82) is 0 Å². The number of hydrogen-bond acceptors (Lipinski definition) is 6. The first-order valence-electron chi connectivity index (χ1n) is 18.3. The molecule has 2 aliphatic rings. The Bertz CT molecular complexity index is 1580. The van der Waals surface area contributed by atoms with E-state index in [1.165, 1.54) is 12.8 Å². The second-order valence-corrected chi connectivity index (χ2v) is 21.0. The maximum absolute atomic E-state index is 15.9. The first kappa shape index (κ1) is 36.9. The van der Waals surface area contributed by atoms with Crippen molar-refractivity contribution in [3.63, 3.8) is 0 Å². The molecule has 268 valence electrons. The van der Waals surface area contributed by atoms with Crippen LogP contribution in [0.4, 0.5) is 10.2 Å². The van der Waals surface area contributed by atoms with Crippen LogP contribution in [-0.2, 0) is 22.8 Å². The fourth-order valence-electron chi connectivity index (χ4n) is 8.26. The first-order chi connectivity index (χ1) is 23.4. The summed E-state index contributed by atoms with van der Waals surface area (Å²) in [5.74, 6) is -1.42. The summed E-state index contributed by atoms with van der Waals surface area (Å²) in [4.78, 5) is 31.7. The van der Waals surface area contributed by atoms with Crippen LogP contribution >= 0.6 is 0 Å². The molecule has 0 bridgehead atoms. The van der Waals surface area contributed by atoms with Gasteiger partial charge in [0.15, 0.2) is 0 Å². The summed E-state index contributed by atoms with van der Waals surface area (Å²) in [6, 6.07) is 4.36. The second kappa shape index (κ2) is 16.1. The SMILES string of the molecule is CCn1ncc(C(C(=O)Nc2ccc(-c3c(C)nn(COCC[Si](C)(C)C)c3C)c(F)n2)C(C2CCCCC2)C2CCCCC2)c1C(N)=O. The Labute approximate surface area is 291 Å². The molecule has 2 fully saturated rings. The zero-order chi connectivity index (χ0) is 35.3. The van der Waals surface area contributed by atoms with E-state index < -0.39 is 25.8 Å². The van der Waals surface area contributed by atoms with Gasteiger partial charge in [-0.05, 0) is 56.7 Å². The third-order valence-electron chi connectivity index (χ3n) is 10.8. The summed E-state index contributed by atoms with van der Waals surface area (Å²) >= 11 is 0. The van der Waals surface area contributed by atoms with E-state index in [2.05, 4.69) is 40.1 Å². The smallest absolute Gasteiger partial charge is 0.267 e. The number of aromatic nitrogens is 5. The minimum absolute atomic E-state index is 0.0152. The van der Waals surface area contributed by atoms with Gasteiger partial charge in [0.2, 0.25) is 11.9 Å². The van der Waals surface area contributed by atoms with Gasteiger partial charge in [0.1, 0.15) is 18.2 Å². The van der Waals surface area contributed by atoms with Crippen LogP contribution in [0, 0.1) is 37.5 Å². The predicted octanol–water partition coefficient (Wildman–Crippen LogP) is 7.83. The fraction of sp³-hybridized carbons (Fsp3) is 0.649. The van der Waals surface area contributed by atoms with E-state index in [1.807, 2.05) is 20.8 Å². The average Bonchev–Trinajstić information content (AvgIpc) is 3.62. The van der Waals surface area contributed by atoms with E-state index in [0.29, 0.717) is 54.1 Å². The summed E-state index contributed by atoms with van der Waals surface area (Å²) < 4.78 is 25.1. The quantitative estimate of drug-likeness (QED) is 0.101. The van der Waals surface area contributed by atoms with Gasteiger partial charge >= 0.3 is 0 Å². The maximum Gasteiger partial charge on any atom is 0.267 e. The van der Waals surface area contributed by atoms with Crippen LogP contribution in [0.5, 0.6) is 0 Å². The Morgan fingerprint density at radius 3 is 2.20 bits per heavy atom. The van der Waals surface area contributed by atoms with Crippen molar-refractivity contribution in [1.82, 2.24) is 24.5 Å². The number of carbonyl (C=O) groups is 2. The minimum Gasteiger partial charge on any atom is -0.364 e. The Kier molecular flexibility index (Phi) is 12.1. The highest BCUT2D eigenvalue weighted by Gasteiger charge is 2.43. The Hall–Kier alpha value is -3.38. The van der Waals surface area contributed by atoms with Gasteiger partial charge in [0, 0.05) is 43.6 Å². The van der Waals surface area contributed by atoms with E-state index >= 15 is 4.39 Å². The van der Waals surface area contributed by atoms with E-state index in [-0.39, 0.29) is 23.3 Å². The highest BCUT2D eigenvalue weighted by molar-refractivity contribution is 6.76. The minimum atomic E-state index is -1.22. The van der Waals surface area contributed by atoms with Crippen molar-refractivity contribution >= 4 is 25.7 Å². The van der Waals surface area contributed by atoms with Crippen LogP contribution in [0.25, 0.3) is 11.1 Å². The lowest BCUT2D eigenvalue weighted by Crippen LogP contribution is -2.39.